The second kappa shape index (κ2) is 6.98. The summed E-state index contributed by atoms with van der Waals surface area (Å²) in [6, 6.07) is 3.67. The lowest BCUT2D eigenvalue weighted by molar-refractivity contribution is -0.128. The molecule has 108 valence electrons. The zero-order chi connectivity index (χ0) is 14.4. The first-order chi connectivity index (χ1) is 9.72. The van der Waals surface area contributed by atoms with E-state index in [1.165, 1.54) is 0 Å². The van der Waals surface area contributed by atoms with Crippen molar-refractivity contribution in [3.63, 3.8) is 0 Å². The van der Waals surface area contributed by atoms with Gasteiger partial charge in [-0.1, -0.05) is 5.11 Å². The normalized spacial score (nSPS) is 19.9. The van der Waals surface area contributed by atoms with Crippen LogP contribution in [0.2, 0.25) is 0 Å². The van der Waals surface area contributed by atoms with Crippen LogP contribution in [0.4, 0.5) is 0 Å². The maximum absolute atomic E-state index is 11.9. The topological polar surface area (TPSA) is 102 Å². The maximum atomic E-state index is 11.9. The van der Waals surface area contributed by atoms with Crippen LogP contribution >= 0.6 is 0 Å². The summed E-state index contributed by atoms with van der Waals surface area (Å²) in [4.78, 5) is 16.3. The van der Waals surface area contributed by atoms with Gasteiger partial charge in [-0.25, -0.2) is 0 Å². The predicted molar refractivity (Wildman–Crippen MR) is 71.7 cm³/mol. The summed E-state index contributed by atoms with van der Waals surface area (Å²) in [7, 11) is 0. The first kappa shape index (κ1) is 14.4. The molecule has 1 aliphatic rings. The van der Waals surface area contributed by atoms with E-state index in [0.29, 0.717) is 32.5 Å². The van der Waals surface area contributed by atoms with Gasteiger partial charge in [0, 0.05) is 49.9 Å². The van der Waals surface area contributed by atoms with Gasteiger partial charge >= 0.3 is 0 Å². The van der Waals surface area contributed by atoms with Crippen LogP contribution in [0, 0.1) is 11.8 Å². The lowest BCUT2D eigenvalue weighted by Crippen LogP contribution is -2.33. The quantitative estimate of drug-likeness (QED) is 0.465. The van der Waals surface area contributed by atoms with Crippen LogP contribution in [0.15, 0.2) is 27.9 Å². The molecule has 0 spiro atoms. The minimum absolute atomic E-state index is 0.00545. The molecule has 7 nitrogen and oxygen atoms in total. The van der Waals surface area contributed by atoms with E-state index in [9.17, 15) is 9.90 Å². The van der Waals surface area contributed by atoms with Crippen LogP contribution in [0.5, 0.6) is 0 Å². The van der Waals surface area contributed by atoms with Gasteiger partial charge in [-0.05, 0) is 23.6 Å². The largest absolute Gasteiger partial charge is 0.469 e. The van der Waals surface area contributed by atoms with Crippen molar-refractivity contribution >= 4 is 5.91 Å². The molecule has 0 aliphatic carbocycles. The Bertz CT molecular complexity index is 482. The van der Waals surface area contributed by atoms with Crippen LogP contribution in [0.3, 0.4) is 0 Å². The van der Waals surface area contributed by atoms with Gasteiger partial charge in [0.25, 0.3) is 0 Å². The Labute approximate surface area is 116 Å². The molecule has 1 saturated heterocycles. The van der Waals surface area contributed by atoms with Crippen LogP contribution < -0.4 is 0 Å². The highest BCUT2D eigenvalue weighted by molar-refractivity contribution is 5.78. The van der Waals surface area contributed by atoms with Crippen molar-refractivity contribution < 1.29 is 14.3 Å². The number of amides is 1. The maximum Gasteiger partial charge on any atom is 0.222 e. The van der Waals surface area contributed by atoms with Crippen LogP contribution in [0.1, 0.15) is 12.2 Å². The highest BCUT2D eigenvalue weighted by Crippen LogP contribution is 2.20. The minimum atomic E-state index is -0.0386. The molecule has 1 aromatic rings. The van der Waals surface area contributed by atoms with Crippen LogP contribution in [-0.4, -0.2) is 42.2 Å². The van der Waals surface area contributed by atoms with Crippen molar-refractivity contribution in [3.05, 3.63) is 34.6 Å². The van der Waals surface area contributed by atoms with Crippen LogP contribution in [0.25, 0.3) is 10.4 Å². The monoisotopic (exact) mass is 278 g/mol. The molecule has 1 aliphatic heterocycles. The number of furan rings is 1. The van der Waals surface area contributed by atoms with E-state index >= 15 is 0 Å². The summed E-state index contributed by atoms with van der Waals surface area (Å²) in [6.45, 7) is 1.45. The van der Waals surface area contributed by atoms with Crippen molar-refractivity contribution in [2.75, 3.05) is 26.2 Å². The van der Waals surface area contributed by atoms with Gasteiger partial charge in [-0.15, -0.1) is 0 Å². The lowest BCUT2D eigenvalue weighted by Gasteiger charge is -2.22. The number of nitrogens with zero attached hydrogens (tertiary/aromatic N) is 4. The average Bonchev–Trinajstić information content (AvgIpc) is 3.06. The Kier molecular flexibility index (Phi) is 5.03. The highest BCUT2D eigenvalue weighted by Gasteiger charge is 2.30. The third-order valence-corrected chi connectivity index (χ3v) is 3.50. The molecule has 1 amide bonds. The Morgan fingerprint density at radius 2 is 2.50 bits per heavy atom. The standard InChI is InChI=1S/C13H18N4O3/c14-16-15-6-10-5-13(19)17(7-10)8-11(9-18)4-12-2-1-3-20-12/h1-3,10-11,18H,4-9H2. The molecule has 2 unspecified atom stereocenters. The fraction of sp³-hybridized carbons (Fsp3) is 0.615. The van der Waals surface area contributed by atoms with Crippen molar-refractivity contribution in [3.8, 4) is 0 Å². The number of aliphatic hydroxyl groups is 1. The van der Waals surface area contributed by atoms with Crippen molar-refractivity contribution in [1.29, 1.82) is 0 Å². The van der Waals surface area contributed by atoms with Gasteiger partial charge in [0.1, 0.15) is 5.76 Å². The van der Waals surface area contributed by atoms with Crippen molar-refractivity contribution in [2.45, 2.75) is 12.8 Å². The van der Waals surface area contributed by atoms with Crippen molar-refractivity contribution in [1.82, 2.24) is 4.90 Å². The molecule has 20 heavy (non-hydrogen) atoms. The number of aliphatic hydroxyl groups excluding tert-OH is 1. The Morgan fingerprint density at radius 1 is 1.65 bits per heavy atom. The van der Waals surface area contributed by atoms with Crippen LogP contribution in [-0.2, 0) is 11.2 Å². The SMILES string of the molecule is [N-]=[N+]=NCC1CC(=O)N(CC(CO)Cc2ccco2)C1. The minimum Gasteiger partial charge on any atom is -0.469 e. The smallest absolute Gasteiger partial charge is 0.222 e. The molecule has 1 fully saturated rings. The number of azide groups is 1. The predicted octanol–water partition coefficient (Wildman–Crippen LogP) is 1.59. The van der Waals surface area contributed by atoms with Gasteiger partial charge in [-0.2, -0.15) is 0 Å². The number of hydrogen-bond donors (Lipinski definition) is 1. The number of hydrogen-bond acceptors (Lipinski definition) is 4. The Morgan fingerprint density at radius 3 is 3.15 bits per heavy atom. The first-order valence-electron chi connectivity index (χ1n) is 6.64. The molecule has 2 rings (SSSR count). The summed E-state index contributed by atoms with van der Waals surface area (Å²) in [5.41, 5.74) is 8.30. The summed E-state index contributed by atoms with van der Waals surface area (Å²) >= 11 is 0. The molecular formula is C13H18N4O3. The average molecular weight is 278 g/mol. The second-order valence-electron chi connectivity index (χ2n) is 5.11. The third-order valence-electron chi connectivity index (χ3n) is 3.50. The van der Waals surface area contributed by atoms with Gasteiger partial charge in [0.15, 0.2) is 0 Å². The summed E-state index contributed by atoms with van der Waals surface area (Å²) < 4.78 is 5.26. The van der Waals surface area contributed by atoms with Crippen molar-refractivity contribution in [2.24, 2.45) is 17.0 Å². The van der Waals surface area contributed by atoms with Gasteiger partial charge in [-0.3, -0.25) is 4.79 Å². The zero-order valence-electron chi connectivity index (χ0n) is 11.2. The number of carbonyl (C=O) groups excluding carboxylic acids is 1. The molecule has 0 bridgehead atoms. The van der Waals surface area contributed by atoms with E-state index in [4.69, 9.17) is 9.95 Å². The fourth-order valence-corrected chi connectivity index (χ4v) is 2.52. The lowest BCUT2D eigenvalue weighted by atomic mass is 10.0. The second-order valence-corrected chi connectivity index (χ2v) is 5.11. The summed E-state index contributed by atoms with van der Waals surface area (Å²) in [5, 5.41) is 13.0. The fourth-order valence-electron chi connectivity index (χ4n) is 2.52. The third kappa shape index (κ3) is 3.76. The van der Waals surface area contributed by atoms with Gasteiger partial charge in [0.05, 0.1) is 6.26 Å². The molecular weight excluding hydrogens is 260 g/mol. The molecule has 0 aromatic carbocycles. The molecule has 0 radical (unpaired) electrons. The van der Waals surface area contributed by atoms with Gasteiger partial charge < -0.3 is 14.4 Å². The Hall–Kier alpha value is -1.98. The summed E-state index contributed by atoms with van der Waals surface area (Å²) in [5.74, 6) is 0.909. The molecule has 0 saturated carbocycles. The van der Waals surface area contributed by atoms with E-state index in [2.05, 4.69) is 10.0 Å². The molecule has 2 atom stereocenters. The van der Waals surface area contributed by atoms with E-state index in [-0.39, 0.29) is 24.3 Å². The Balaban J connectivity index is 1.87. The molecule has 1 aromatic heterocycles. The molecule has 1 N–H and O–H groups in total. The number of carbonyl (C=O) groups is 1. The first-order valence-corrected chi connectivity index (χ1v) is 6.64. The van der Waals surface area contributed by atoms with E-state index in [1.54, 1.807) is 17.2 Å². The highest BCUT2D eigenvalue weighted by atomic mass is 16.3. The number of likely N-dealkylation sites (tertiary alicyclic amines) is 1. The molecule has 2 heterocycles. The van der Waals surface area contributed by atoms with E-state index in [1.807, 2.05) is 6.07 Å². The van der Waals surface area contributed by atoms with E-state index < -0.39 is 0 Å². The molecule has 7 heteroatoms. The summed E-state index contributed by atoms with van der Waals surface area (Å²) in [6.07, 6.45) is 2.62. The van der Waals surface area contributed by atoms with E-state index in [0.717, 1.165) is 5.76 Å². The van der Waals surface area contributed by atoms with Gasteiger partial charge in [0.2, 0.25) is 5.91 Å². The zero-order valence-corrected chi connectivity index (χ0v) is 11.2. The number of rotatable bonds is 7.